The third-order valence-electron chi connectivity index (χ3n) is 11.5. The van der Waals surface area contributed by atoms with Crippen molar-refractivity contribution in [1.29, 1.82) is 0 Å². The molecule has 1 aliphatic heterocycles. The van der Waals surface area contributed by atoms with Crippen molar-refractivity contribution in [1.82, 2.24) is 0 Å². The second kappa shape index (κ2) is 10.9. The molecule has 2 aromatic carbocycles. The Morgan fingerprint density at radius 2 is 1.70 bits per heavy atom. The van der Waals surface area contributed by atoms with Gasteiger partial charge >= 0.3 is 0 Å². The Bertz CT molecular complexity index is 2210. The number of ether oxygens (including phenoxy) is 1. The SMILES string of the molecule is C1=CC2=c3ccccc3=CC3OC4C(c5cccc(C6=CCCC(C7=CC=C8C9=C(C=CCC9)C=CC8C7)=C6)c5)=CC=CC4C(=C1)C23. The summed E-state index contributed by atoms with van der Waals surface area (Å²) in [5, 5.41) is 2.63. The van der Waals surface area contributed by atoms with Gasteiger partial charge in [-0.05, 0) is 116 Å². The fourth-order valence-corrected chi connectivity index (χ4v) is 9.30. The van der Waals surface area contributed by atoms with E-state index in [4.69, 9.17) is 4.74 Å². The summed E-state index contributed by atoms with van der Waals surface area (Å²) in [4.78, 5) is 0. The standard InChI is InChI=1S/C46H38O/c1-3-15-37-29(9-1)21-22-36-27-33(23-24-39(36)37)31-12-5-11-30(25-31)32-13-6-14-34(26-32)40-17-7-20-43-42-19-8-18-41-38-16-4-2-10-35(38)28-44(45(41)42)47-46(40)43/h1-2,4,6-11,13-14,16-26,28,36,43-46H,3,5,12,15,27H2. The summed E-state index contributed by atoms with van der Waals surface area (Å²) in [6, 6.07) is 18.0. The number of rotatable bonds is 3. The molecule has 1 fully saturated rings. The van der Waals surface area contributed by atoms with Gasteiger partial charge in [-0.25, -0.2) is 0 Å². The molecular weight excluding hydrogens is 569 g/mol. The summed E-state index contributed by atoms with van der Waals surface area (Å²) in [7, 11) is 0. The molecule has 5 unspecified atom stereocenters. The molecule has 0 bridgehead atoms. The predicted molar refractivity (Wildman–Crippen MR) is 194 cm³/mol. The van der Waals surface area contributed by atoms with Crippen LogP contribution >= 0.6 is 0 Å². The van der Waals surface area contributed by atoms with Gasteiger partial charge in [-0.2, -0.15) is 0 Å². The number of fused-ring (bicyclic) bond motifs is 5. The molecule has 1 heterocycles. The van der Waals surface area contributed by atoms with Crippen LogP contribution in [0.2, 0.25) is 0 Å². The molecule has 1 saturated heterocycles. The van der Waals surface area contributed by atoms with E-state index in [1.54, 1.807) is 11.1 Å². The molecule has 1 heteroatoms. The summed E-state index contributed by atoms with van der Waals surface area (Å²) < 4.78 is 7.09. The topological polar surface area (TPSA) is 9.23 Å². The molecule has 7 aliphatic carbocycles. The zero-order valence-corrected chi connectivity index (χ0v) is 26.6. The molecule has 10 rings (SSSR count). The lowest BCUT2D eigenvalue weighted by Gasteiger charge is -2.46. The van der Waals surface area contributed by atoms with Gasteiger partial charge in [0.15, 0.2) is 0 Å². The number of hydrogen-bond acceptors (Lipinski definition) is 1. The quantitative estimate of drug-likeness (QED) is 0.339. The lowest BCUT2D eigenvalue weighted by molar-refractivity contribution is -0.00253. The highest BCUT2D eigenvalue weighted by Crippen LogP contribution is 2.48. The van der Waals surface area contributed by atoms with Crippen molar-refractivity contribution < 1.29 is 4.74 Å². The van der Waals surface area contributed by atoms with Crippen LogP contribution in [-0.2, 0) is 4.74 Å². The molecule has 228 valence electrons. The second-order valence-corrected chi connectivity index (χ2v) is 14.1. The Kier molecular flexibility index (Phi) is 6.37. The molecule has 0 spiro atoms. The second-order valence-electron chi connectivity index (χ2n) is 14.1. The van der Waals surface area contributed by atoms with E-state index in [9.17, 15) is 0 Å². The predicted octanol–water partition coefficient (Wildman–Crippen LogP) is 8.97. The molecule has 0 saturated carbocycles. The van der Waals surface area contributed by atoms with Crippen molar-refractivity contribution in [2.45, 2.75) is 44.3 Å². The highest BCUT2D eigenvalue weighted by molar-refractivity contribution is 5.82. The van der Waals surface area contributed by atoms with Gasteiger partial charge in [0.1, 0.15) is 0 Å². The fourth-order valence-electron chi connectivity index (χ4n) is 9.30. The summed E-state index contributed by atoms with van der Waals surface area (Å²) in [6.45, 7) is 0. The Hall–Kier alpha value is -4.72. The number of allylic oxidation sites excluding steroid dienone is 19. The first-order valence-electron chi connectivity index (χ1n) is 17.5. The van der Waals surface area contributed by atoms with Crippen molar-refractivity contribution in [3.8, 4) is 0 Å². The van der Waals surface area contributed by atoms with E-state index in [1.807, 2.05) is 0 Å². The van der Waals surface area contributed by atoms with Crippen LogP contribution in [0.4, 0.5) is 0 Å². The van der Waals surface area contributed by atoms with Crippen LogP contribution in [0.15, 0.2) is 167 Å². The molecule has 0 N–H and O–H groups in total. The van der Waals surface area contributed by atoms with Gasteiger partial charge in [-0.15, -0.1) is 0 Å². The van der Waals surface area contributed by atoms with Crippen LogP contribution in [0.25, 0.3) is 22.8 Å². The van der Waals surface area contributed by atoms with Crippen molar-refractivity contribution in [3.63, 3.8) is 0 Å². The third kappa shape index (κ3) is 4.48. The highest BCUT2D eigenvalue weighted by atomic mass is 16.5. The van der Waals surface area contributed by atoms with Gasteiger partial charge in [0.25, 0.3) is 0 Å². The number of hydrogen-bond donors (Lipinski definition) is 0. The molecule has 47 heavy (non-hydrogen) atoms. The Morgan fingerprint density at radius 3 is 2.70 bits per heavy atom. The Balaban J connectivity index is 0.956. The van der Waals surface area contributed by atoms with Crippen LogP contribution in [0, 0.1) is 17.8 Å². The smallest absolute Gasteiger partial charge is 0.0939 e. The lowest BCUT2D eigenvalue weighted by atomic mass is 9.68. The van der Waals surface area contributed by atoms with Crippen molar-refractivity contribution >= 4 is 22.8 Å². The fraction of sp³-hybridized carbons (Fsp3) is 0.217. The van der Waals surface area contributed by atoms with Crippen LogP contribution in [0.1, 0.15) is 43.2 Å². The average molecular weight is 607 g/mol. The van der Waals surface area contributed by atoms with Gasteiger partial charge in [0, 0.05) is 17.8 Å². The van der Waals surface area contributed by atoms with E-state index in [0.717, 1.165) is 25.7 Å². The summed E-state index contributed by atoms with van der Waals surface area (Å²) in [5.74, 6) is 1.02. The normalized spacial score (nSPS) is 29.4. The minimum Gasteiger partial charge on any atom is -0.364 e. The summed E-state index contributed by atoms with van der Waals surface area (Å²) in [5.41, 5.74) is 15.6. The molecule has 0 radical (unpaired) electrons. The van der Waals surface area contributed by atoms with E-state index in [1.165, 1.54) is 67.0 Å². The minimum atomic E-state index is -0.00402. The van der Waals surface area contributed by atoms with Crippen molar-refractivity contribution in [3.05, 3.63) is 189 Å². The average Bonchev–Trinajstić information content (AvgIpc) is 3.14. The van der Waals surface area contributed by atoms with Gasteiger partial charge < -0.3 is 4.74 Å². The first-order valence-corrected chi connectivity index (χ1v) is 17.5. The molecule has 5 atom stereocenters. The lowest BCUT2D eigenvalue weighted by Crippen LogP contribution is -2.49. The van der Waals surface area contributed by atoms with Gasteiger partial charge in [0.05, 0.1) is 12.2 Å². The monoisotopic (exact) mass is 606 g/mol. The number of benzene rings is 2. The third-order valence-corrected chi connectivity index (χ3v) is 11.5. The van der Waals surface area contributed by atoms with Gasteiger partial charge in [0.2, 0.25) is 0 Å². The zero-order chi connectivity index (χ0) is 30.9. The Morgan fingerprint density at radius 1 is 0.745 bits per heavy atom. The first-order chi connectivity index (χ1) is 23.3. The van der Waals surface area contributed by atoms with E-state index in [-0.39, 0.29) is 24.0 Å². The molecule has 0 amide bonds. The van der Waals surface area contributed by atoms with Crippen molar-refractivity contribution in [2.24, 2.45) is 17.8 Å². The van der Waals surface area contributed by atoms with E-state index in [0.29, 0.717) is 5.92 Å². The molecule has 1 nitrogen and oxygen atoms in total. The van der Waals surface area contributed by atoms with Crippen molar-refractivity contribution in [2.75, 3.05) is 0 Å². The minimum absolute atomic E-state index is 0.00402. The van der Waals surface area contributed by atoms with E-state index < -0.39 is 0 Å². The van der Waals surface area contributed by atoms with E-state index in [2.05, 4.69) is 140 Å². The van der Waals surface area contributed by atoms with Crippen LogP contribution in [0.5, 0.6) is 0 Å². The maximum Gasteiger partial charge on any atom is 0.0939 e. The Labute approximate surface area is 277 Å². The molecule has 8 aliphatic rings. The largest absolute Gasteiger partial charge is 0.364 e. The summed E-state index contributed by atoms with van der Waals surface area (Å²) >= 11 is 0. The van der Waals surface area contributed by atoms with Crippen LogP contribution < -0.4 is 10.4 Å². The molecular formula is C46H38O. The summed E-state index contributed by atoms with van der Waals surface area (Å²) in [6.07, 6.45) is 41.0. The van der Waals surface area contributed by atoms with E-state index >= 15 is 0 Å². The van der Waals surface area contributed by atoms with Crippen LogP contribution in [-0.4, -0.2) is 12.2 Å². The first kappa shape index (κ1) is 27.4. The zero-order valence-electron chi connectivity index (χ0n) is 26.6. The van der Waals surface area contributed by atoms with Crippen LogP contribution in [0.3, 0.4) is 0 Å². The molecule has 0 aromatic heterocycles. The van der Waals surface area contributed by atoms with Gasteiger partial charge in [-0.1, -0.05) is 128 Å². The highest BCUT2D eigenvalue weighted by Gasteiger charge is 2.45. The van der Waals surface area contributed by atoms with Gasteiger partial charge in [-0.3, -0.25) is 0 Å². The molecule has 2 aromatic rings. The maximum absolute atomic E-state index is 7.09. The maximum atomic E-state index is 7.09.